The maximum Gasteiger partial charge on any atom is 0.0535 e. The molecule has 2 rings (SSSR count). The van der Waals surface area contributed by atoms with E-state index in [-0.39, 0.29) is 0 Å². The van der Waals surface area contributed by atoms with Crippen LogP contribution in [0.15, 0.2) is 12.4 Å². The molecule has 3 nitrogen and oxygen atoms in total. The number of aromatic amines is 1. The molecule has 0 aromatic carbocycles. The van der Waals surface area contributed by atoms with Gasteiger partial charge in [0.25, 0.3) is 0 Å². The third kappa shape index (κ3) is 1.43. The molecular weight excluding hydrogens is 138 g/mol. The smallest absolute Gasteiger partial charge is 0.0535 e. The summed E-state index contributed by atoms with van der Waals surface area (Å²) >= 11 is 0. The Bertz CT molecular complexity index is 199. The largest absolute Gasteiger partial charge is 0.310 e. The number of hydrogen-bond donors (Lipinski definition) is 2. The van der Waals surface area contributed by atoms with Crippen molar-refractivity contribution in [3.8, 4) is 0 Å². The van der Waals surface area contributed by atoms with E-state index in [0.29, 0.717) is 6.04 Å². The second kappa shape index (κ2) is 3.05. The molecule has 1 aliphatic heterocycles. The first-order valence-corrected chi connectivity index (χ1v) is 4.19. The molecule has 0 radical (unpaired) electrons. The molecule has 3 heteroatoms. The van der Waals surface area contributed by atoms with E-state index < -0.39 is 0 Å². The molecule has 0 saturated carbocycles. The Balaban J connectivity index is 2.04. The highest BCUT2D eigenvalue weighted by Gasteiger charge is 2.14. The van der Waals surface area contributed by atoms with E-state index in [9.17, 15) is 0 Å². The first kappa shape index (κ1) is 6.85. The van der Waals surface area contributed by atoms with Crippen LogP contribution in [0.4, 0.5) is 0 Å². The van der Waals surface area contributed by atoms with Crippen LogP contribution >= 0.6 is 0 Å². The molecule has 2 N–H and O–H groups in total. The van der Waals surface area contributed by atoms with Crippen molar-refractivity contribution in [2.75, 3.05) is 6.54 Å². The van der Waals surface area contributed by atoms with Gasteiger partial charge in [0.2, 0.25) is 0 Å². The maximum absolute atomic E-state index is 3.93. The van der Waals surface area contributed by atoms with Crippen molar-refractivity contribution >= 4 is 0 Å². The fraction of sp³-hybridized carbons (Fsp3) is 0.625. The molecule has 1 saturated heterocycles. The van der Waals surface area contributed by atoms with E-state index in [4.69, 9.17) is 0 Å². The van der Waals surface area contributed by atoms with Crippen LogP contribution in [0.2, 0.25) is 0 Å². The van der Waals surface area contributed by atoms with Crippen molar-refractivity contribution in [1.29, 1.82) is 0 Å². The summed E-state index contributed by atoms with van der Waals surface area (Å²) in [4.78, 5) is 0. The molecule has 60 valence electrons. The van der Waals surface area contributed by atoms with Gasteiger partial charge in [-0.3, -0.25) is 5.10 Å². The van der Waals surface area contributed by atoms with E-state index >= 15 is 0 Å². The lowest BCUT2D eigenvalue weighted by atomic mass is 10.0. The van der Waals surface area contributed by atoms with Gasteiger partial charge in [-0.05, 0) is 19.4 Å². The summed E-state index contributed by atoms with van der Waals surface area (Å²) in [5, 5.41) is 10.2. The topological polar surface area (TPSA) is 40.7 Å². The Labute approximate surface area is 66.2 Å². The first-order chi connectivity index (χ1) is 5.47. The average Bonchev–Trinajstić information content (AvgIpc) is 2.58. The number of piperidine rings is 1. The van der Waals surface area contributed by atoms with Crippen molar-refractivity contribution in [1.82, 2.24) is 15.5 Å². The van der Waals surface area contributed by atoms with Gasteiger partial charge in [0.05, 0.1) is 6.20 Å². The van der Waals surface area contributed by atoms with Gasteiger partial charge in [-0.15, -0.1) is 0 Å². The van der Waals surface area contributed by atoms with Crippen molar-refractivity contribution in [3.63, 3.8) is 0 Å². The van der Waals surface area contributed by atoms with Gasteiger partial charge < -0.3 is 5.32 Å². The van der Waals surface area contributed by atoms with Crippen LogP contribution in [0.1, 0.15) is 30.9 Å². The molecule has 1 atom stereocenters. The molecule has 0 aliphatic carbocycles. The van der Waals surface area contributed by atoms with Crippen LogP contribution in [0.25, 0.3) is 0 Å². The predicted molar refractivity (Wildman–Crippen MR) is 43.2 cm³/mol. The highest BCUT2D eigenvalue weighted by atomic mass is 15.1. The average molecular weight is 151 g/mol. The molecule has 1 aliphatic rings. The van der Waals surface area contributed by atoms with Gasteiger partial charge in [-0.1, -0.05) is 6.42 Å². The van der Waals surface area contributed by atoms with E-state index in [1.54, 1.807) is 0 Å². The molecule has 1 aromatic heterocycles. The van der Waals surface area contributed by atoms with Gasteiger partial charge >= 0.3 is 0 Å². The highest BCUT2D eigenvalue weighted by molar-refractivity contribution is 5.09. The molecule has 1 fully saturated rings. The molecule has 0 amide bonds. The zero-order chi connectivity index (χ0) is 7.52. The minimum Gasteiger partial charge on any atom is -0.310 e. The molecular formula is C8H13N3. The fourth-order valence-corrected chi connectivity index (χ4v) is 1.59. The van der Waals surface area contributed by atoms with E-state index in [1.165, 1.54) is 24.8 Å². The molecule has 1 aromatic rings. The lowest BCUT2D eigenvalue weighted by molar-refractivity contribution is 0.412. The number of nitrogens with one attached hydrogen (secondary N) is 2. The van der Waals surface area contributed by atoms with Gasteiger partial charge in [0, 0.05) is 17.8 Å². The zero-order valence-corrected chi connectivity index (χ0v) is 6.51. The molecule has 2 heterocycles. The normalized spacial score (nSPS) is 25.3. The second-order valence-corrected chi connectivity index (χ2v) is 3.03. The number of hydrogen-bond acceptors (Lipinski definition) is 2. The molecule has 0 spiro atoms. The van der Waals surface area contributed by atoms with Crippen LogP contribution < -0.4 is 5.32 Å². The van der Waals surface area contributed by atoms with Gasteiger partial charge in [0.1, 0.15) is 0 Å². The van der Waals surface area contributed by atoms with Crippen molar-refractivity contribution in [3.05, 3.63) is 18.0 Å². The third-order valence-electron chi connectivity index (χ3n) is 2.23. The molecule has 0 bridgehead atoms. The van der Waals surface area contributed by atoms with Crippen LogP contribution in [-0.4, -0.2) is 16.7 Å². The standard InChI is InChI=1S/C8H13N3/c1-2-4-9-8(3-1)7-5-10-11-6-7/h5-6,8-9H,1-4H2,(H,10,11)/t8-/m0/s1. The SMILES string of the molecule is c1n[nH]cc1[C@@H]1CCCCN1. The summed E-state index contributed by atoms with van der Waals surface area (Å²) in [5.74, 6) is 0. The lowest BCUT2D eigenvalue weighted by Gasteiger charge is -2.21. The summed E-state index contributed by atoms with van der Waals surface area (Å²) < 4.78 is 0. The number of nitrogens with zero attached hydrogens (tertiary/aromatic N) is 1. The van der Waals surface area contributed by atoms with Crippen molar-refractivity contribution < 1.29 is 0 Å². The summed E-state index contributed by atoms with van der Waals surface area (Å²) in [6.45, 7) is 1.15. The number of H-pyrrole nitrogens is 1. The monoisotopic (exact) mass is 151 g/mol. The number of aromatic nitrogens is 2. The van der Waals surface area contributed by atoms with Crippen LogP contribution in [-0.2, 0) is 0 Å². The van der Waals surface area contributed by atoms with Gasteiger partial charge in [0.15, 0.2) is 0 Å². The minimum absolute atomic E-state index is 0.544. The van der Waals surface area contributed by atoms with E-state index in [2.05, 4.69) is 15.5 Å². The Morgan fingerprint density at radius 2 is 2.45 bits per heavy atom. The quantitative estimate of drug-likeness (QED) is 0.633. The maximum atomic E-state index is 3.93. The highest BCUT2D eigenvalue weighted by Crippen LogP contribution is 2.20. The van der Waals surface area contributed by atoms with Gasteiger partial charge in [-0.25, -0.2) is 0 Å². The summed E-state index contributed by atoms with van der Waals surface area (Å²) in [6, 6.07) is 0.544. The number of rotatable bonds is 1. The van der Waals surface area contributed by atoms with Gasteiger partial charge in [-0.2, -0.15) is 5.10 Å². The molecule has 11 heavy (non-hydrogen) atoms. The van der Waals surface area contributed by atoms with E-state index in [0.717, 1.165) is 6.54 Å². The Morgan fingerprint density at radius 3 is 3.09 bits per heavy atom. The van der Waals surface area contributed by atoms with Crippen LogP contribution in [0.3, 0.4) is 0 Å². The third-order valence-corrected chi connectivity index (χ3v) is 2.23. The Morgan fingerprint density at radius 1 is 1.45 bits per heavy atom. The van der Waals surface area contributed by atoms with E-state index in [1.807, 2.05) is 12.4 Å². The summed E-state index contributed by atoms with van der Waals surface area (Å²) in [5.41, 5.74) is 1.30. The Kier molecular flexibility index (Phi) is 1.90. The minimum atomic E-state index is 0.544. The predicted octanol–water partition coefficient (Wildman–Crippen LogP) is 1.22. The first-order valence-electron chi connectivity index (χ1n) is 4.19. The summed E-state index contributed by atoms with van der Waals surface area (Å²) in [6.07, 6.45) is 7.78. The van der Waals surface area contributed by atoms with Crippen molar-refractivity contribution in [2.24, 2.45) is 0 Å². The molecule has 0 unspecified atom stereocenters. The fourth-order valence-electron chi connectivity index (χ4n) is 1.59. The Hall–Kier alpha value is -0.830. The van der Waals surface area contributed by atoms with Crippen LogP contribution in [0.5, 0.6) is 0 Å². The van der Waals surface area contributed by atoms with Crippen molar-refractivity contribution in [2.45, 2.75) is 25.3 Å². The second-order valence-electron chi connectivity index (χ2n) is 3.03. The summed E-state index contributed by atoms with van der Waals surface area (Å²) in [7, 11) is 0. The van der Waals surface area contributed by atoms with Crippen LogP contribution in [0, 0.1) is 0 Å². The zero-order valence-electron chi connectivity index (χ0n) is 6.51. The lowest BCUT2D eigenvalue weighted by Crippen LogP contribution is -2.26.